The van der Waals surface area contributed by atoms with Crippen molar-refractivity contribution < 1.29 is 9.47 Å². The Bertz CT molecular complexity index is 140. The van der Waals surface area contributed by atoms with E-state index in [0.29, 0.717) is 6.04 Å². The van der Waals surface area contributed by atoms with Gasteiger partial charge in [0.25, 0.3) is 0 Å². The molecular formula is C14H31NO2. The molecule has 0 bridgehead atoms. The van der Waals surface area contributed by atoms with Crippen LogP contribution in [0.15, 0.2) is 0 Å². The summed E-state index contributed by atoms with van der Waals surface area (Å²) in [6, 6.07) is 0.575. The van der Waals surface area contributed by atoms with E-state index in [0.717, 1.165) is 45.8 Å². The van der Waals surface area contributed by atoms with E-state index in [1.807, 2.05) is 0 Å². The highest BCUT2D eigenvalue weighted by Crippen LogP contribution is 1.95. The SMILES string of the molecule is CCCCCOCCCOCCCNC(C)C. The summed E-state index contributed by atoms with van der Waals surface area (Å²) in [6.07, 6.45) is 5.84. The van der Waals surface area contributed by atoms with Gasteiger partial charge in [-0.15, -0.1) is 0 Å². The highest BCUT2D eigenvalue weighted by Gasteiger charge is 1.93. The van der Waals surface area contributed by atoms with Crippen LogP contribution in [0.1, 0.15) is 52.9 Å². The van der Waals surface area contributed by atoms with Crippen LogP contribution >= 0.6 is 0 Å². The zero-order valence-electron chi connectivity index (χ0n) is 12.0. The highest BCUT2D eigenvalue weighted by atomic mass is 16.5. The summed E-state index contributed by atoms with van der Waals surface area (Å²) in [5.74, 6) is 0. The van der Waals surface area contributed by atoms with Crippen LogP contribution in [-0.4, -0.2) is 39.0 Å². The molecule has 0 radical (unpaired) electrons. The summed E-state index contributed by atoms with van der Waals surface area (Å²) in [5, 5.41) is 3.37. The van der Waals surface area contributed by atoms with Gasteiger partial charge in [-0.25, -0.2) is 0 Å². The van der Waals surface area contributed by atoms with Gasteiger partial charge in [-0.2, -0.15) is 0 Å². The van der Waals surface area contributed by atoms with E-state index >= 15 is 0 Å². The molecule has 0 saturated heterocycles. The lowest BCUT2D eigenvalue weighted by molar-refractivity contribution is 0.0802. The van der Waals surface area contributed by atoms with Gasteiger partial charge in [-0.05, 0) is 25.8 Å². The zero-order chi connectivity index (χ0) is 12.8. The molecule has 0 fully saturated rings. The molecule has 0 heterocycles. The first-order valence-electron chi connectivity index (χ1n) is 7.16. The minimum Gasteiger partial charge on any atom is -0.381 e. The van der Waals surface area contributed by atoms with Gasteiger partial charge in [0.2, 0.25) is 0 Å². The Balaban J connectivity index is 2.89. The van der Waals surface area contributed by atoms with Crippen LogP contribution in [0.3, 0.4) is 0 Å². The maximum atomic E-state index is 5.52. The van der Waals surface area contributed by atoms with Crippen LogP contribution in [-0.2, 0) is 9.47 Å². The average Bonchev–Trinajstić information content (AvgIpc) is 2.30. The second-order valence-electron chi connectivity index (χ2n) is 4.75. The van der Waals surface area contributed by atoms with Crippen molar-refractivity contribution in [2.75, 3.05) is 33.0 Å². The van der Waals surface area contributed by atoms with Crippen molar-refractivity contribution in [2.45, 2.75) is 58.9 Å². The van der Waals surface area contributed by atoms with Crippen LogP contribution in [0.2, 0.25) is 0 Å². The molecule has 0 aromatic rings. The van der Waals surface area contributed by atoms with Gasteiger partial charge in [-0.1, -0.05) is 33.6 Å². The zero-order valence-corrected chi connectivity index (χ0v) is 12.0. The van der Waals surface area contributed by atoms with Crippen molar-refractivity contribution in [1.29, 1.82) is 0 Å². The fourth-order valence-corrected chi connectivity index (χ4v) is 1.49. The van der Waals surface area contributed by atoms with Crippen LogP contribution in [0.25, 0.3) is 0 Å². The first kappa shape index (κ1) is 16.9. The van der Waals surface area contributed by atoms with Gasteiger partial charge >= 0.3 is 0 Å². The second kappa shape index (κ2) is 13.9. The van der Waals surface area contributed by atoms with Crippen molar-refractivity contribution >= 4 is 0 Å². The molecule has 0 aromatic carbocycles. The predicted octanol–water partition coefficient (Wildman–Crippen LogP) is 2.99. The lowest BCUT2D eigenvalue weighted by atomic mass is 10.3. The molecule has 0 aliphatic rings. The molecular weight excluding hydrogens is 214 g/mol. The third-order valence-electron chi connectivity index (χ3n) is 2.49. The van der Waals surface area contributed by atoms with Crippen molar-refractivity contribution in [1.82, 2.24) is 5.32 Å². The number of ether oxygens (including phenoxy) is 2. The monoisotopic (exact) mass is 245 g/mol. The number of hydrogen-bond acceptors (Lipinski definition) is 3. The first-order valence-corrected chi connectivity index (χ1v) is 7.16. The molecule has 3 nitrogen and oxygen atoms in total. The van der Waals surface area contributed by atoms with Crippen LogP contribution in [0.5, 0.6) is 0 Å². The summed E-state index contributed by atoms with van der Waals surface area (Å²) in [4.78, 5) is 0. The summed E-state index contributed by atoms with van der Waals surface area (Å²) in [7, 11) is 0. The molecule has 104 valence electrons. The molecule has 0 atom stereocenters. The van der Waals surface area contributed by atoms with E-state index in [-0.39, 0.29) is 0 Å². The normalized spacial score (nSPS) is 11.3. The summed E-state index contributed by atoms with van der Waals surface area (Å²) < 4.78 is 11.0. The Hall–Kier alpha value is -0.120. The predicted molar refractivity (Wildman–Crippen MR) is 73.5 cm³/mol. The van der Waals surface area contributed by atoms with Crippen LogP contribution in [0, 0.1) is 0 Å². The maximum Gasteiger partial charge on any atom is 0.0487 e. The minimum absolute atomic E-state index is 0.575. The number of unbranched alkanes of at least 4 members (excludes halogenated alkanes) is 2. The molecule has 0 saturated carbocycles. The van der Waals surface area contributed by atoms with E-state index in [1.54, 1.807) is 0 Å². The quantitative estimate of drug-likeness (QED) is 0.506. The fraction of sp³-hybridized carbons (Fsp3) is 1.00. The smallest absolute Gasteiger partial charge is 0.0487 e. The molecule has 0 rings (SSSR count). The Morgan fingerprint density at radius 1 is 0.824 bits per heavy atom. The molecule has 0 aliphatic heterocycles. The number of rotatable bonds is 13. The topological polar surface area (TPSA) is 30.5 Å². The molecule has 0 aliphatic carbocycles. The van der Waals surface area contributed by atoms with Crippen molar-refractivity contribution in [3.63, 3.8) is 0 Å². The molecule has 3 heteroatoms. The van der Waals surface area contributed by atoms with Crippen molar-refractivity contribution in [3.8, 4) is 0 Å². The summed E-state index contributed by atoms with van der Waals surface area (Å²) in [6.45, 7) is 11.0. The maximum absolute atomic E-state index is 5.52. The second-order valence-corrected chi connectivity index (χ2v) is 4.75. The highest BCUT2D eigenvalue weighted by molar-refractivity contribution is 4.51. The first-order chi connectivity index (χ1) is 8.27. The number of nitrogens with one attached hydrogen (secondary N) is 1. The Labute approximate surface area is 107 Å². The minimum atomic E-state index is 0.575. The average molecular weight is 245 g/mol. The molecule has 1 N–H and O–H groups in total. The Morgan fingerprint density at radius 2 is 1.41 bits per heavy atom. The van der Waals surface area contributed by atoms with E-state index in [1.165, 1.54) is 19.3 Å². The largest absolute Gasteiger partial charge is 0.381 e. The third kappa shape index (κ3) is 15.9. The van der Waals surface area contributed by atoms with Gasteiger partial charge in [0, 0.05) is 32.5 Å². The number of hydrogen-bond donors (Lipinski definition) is 1. The standard InChI is InChI=1S/C14H31NO2/c1-4-5-6-10-16-12-8-13-17-11-7-9-15-14(2)3/h14-15H,4-13H2,1-3H3. The van der Waals surface area contributed by atoms with Gasteiger partial charge in [0.1, 0.15) is 0 Å². The van der Waals surface area contributed by atoms with E-state index in [9.17, 15) is 0 Å². The van der Waals surface area contributed by atoms with Gasteiger partial charge in [0.15, 0.2) is 0 Å². The molecule has 17 heavy (non-hydrogen) atoms. The van der Waals surface area contributed by atoms with E-state index in [2.05, 4.69) is 26.1 Å². The molecule has 0 amide bonds. The fourth-order valence-electron chi connectivity index (χ4n) is 1.49. The van der Waals surface area contributed by atoms with E-state index in [4.69, 9.17) is 9.47 Å². The summed E-state index contributed by atoms with van der Waals surface area (Å²) >= 11 is 0. The lowest BCUT2D eigenvalue weighted by Crippen LogP contribution is -2.24. The third-order valence-corrected chi connectivity index (χ3v) is 2.49. The molecule has 0 unspecified atom stereocenters. The van der Waals surface area contributed by atoms with Crippen LogP contribution in [0.4, 0.5) is 0 Å². The van der Waals surface area contributed by atoms with Crippen LogP contribution < -0.4 is 5.32 Å². The summed E-state index contributed by atoms with van der Waals surface area (Å²) in [5.41, 5.74) is 0. The lowest BCUT2D eigenvalue weighted by Gasteiger charge is -2.08. The Morgan fingerprint density at radius 3 is 2.00 bits per heavy atom. The van der Waals surface area contributed by atoms with Gasteiger partial charge in [0.05, 0.1) is 0 Å². The Kier molecular flexibility index (Phi) is 13.8. The molecule has 0 aromatic heterocycles. The van der Waals surface area contributed by atoms with Crippen molar-refractivity contribution in [2.24, 2.45) is 0 Å². The van der Waals surface area contributed by atoms with Crippen molar-refractivity contribution in [3.05, 3.63) is 0 Å². The van der Waals surface area contributed by atoms with E-state index < -0.39 is 0 Å². The molecule has 0 spiro atoms. The van der Waals surface area contributed by atoms with Gasteiger partial charge < -0.3 is 14.8 Å². The van der Waals surface area contributed by atoms with Gasteiger partial charge in [-0.3, -0.25) is 0 Å².